The first-order valence-corrected chi connectivity index (χ1v) is 12.3. The Balaban J connectivity index is 1.20. The van der Waals surface area contributed by atoms with E-state index in [9.17, 15) is 19.2 Å². The van der Waals surface area contributed by atoms with Gasteiger partial charge < -0.3 is 10.1 Å². The molecule has 5 rings (SSSR count). The molecule has 2 aliphatic carbocycles. The summed E-state index contributed by atoms with van der Waals surface area (Å²) in [4.78, 5) is 51.8. The van der Waals surface area contributed by atoms with Crippen LogP contribution in [-0.4, -0.2) is 30.3 Å². The van der Waals surface area contributed by atoms with Crippen molar-refractivity contribution < 1.29 is 23.9 Å². The zero-order chi connectivity index (χ0) is 24.1. The summed E-state index contributed by atoms with van der Waals surface area (Å²) in [5, 5.41) is 3.16. The monoisotopic (exact) mass is 544 g/mol. The van der Waals surface area contributed by atoms with Crippen LogP contribution in [0.4, 0.5) is 11.4 Å². The highest BCUT2D eigenvalue weighted by Gasteiger charge is 2.61. The van der Waals surface area contributed by atoms with Gasteiger partial charge in [-0.2, -0.15) is 0 Å². The third kappa shape index (κ3) is 3.82. The molecule has 7 nitrogen and oxygen atoms in total. The number of halogens is 2. The van der Waals surface area contributed by atoms with Crippen LogP contribution in [0.3, 0.4) is 0 Å². The molecule has 1 saturated heterocycles. The van der Waals surface area contributed by atoms with E-state index in [-0.39, 0.29) is 29.2 Å². The number of ether oxygens (including phenoxy) is 1. The van der Waals surface area contributed by atoms with Gasteiger partial charge in [-0.1, -0.05) is 11.6 Å². The van der Waals surface area contributed by atoms with Crippen LogP contribution in [0.25, 0.3) is 0 Å². The highest BCUT2D eigenvalue weighted by Crippen LogP contribution is 2.56. The van der Waals surface area contributed by atoms with Crippen molar-refractivity contribution in [2.75, 3.05) is 16.8 Å². The maximum absolute atomic E-state index is 13.0. The van der Waals surface area contributed by atoms with E-state index in [4.69, 9.17) is 16.3 Å². The van der Waals surface area contributed by atoms with E-state index < -0.39 is 18.5 Å². The lowest BCUT2D eigenvalue weighted by Crippen LogP contribution is -2.32. The maximum atomic E-state index is 13.0. The quantitative estimate of drug-likeness (QED) is 0.433. The van der Waals surface area contributed by atoms with Gasteiger partial charge in [-0.05, 0) is 95.9 Å². The Morgan fingerprint density at radius 2 is 1.68 bits per heavy atom. The molecular formula is C25H22BrClN2O5. The van der Waals surface area contributed by atoms with E-state index in [1.807, 2.05) is 0 Å². The topological polar surface area (TPSA) is 92.8 Å². The molecule has 2 saturated carbocycles. The second-order valence-corrected chi connectivity index (χ2v) is 10.3. The van der Waals surface area contributed by atoms with Crippen LogP contribution in [0.15, 0.2) is 40.9 Å². The van der Waals surface area contributed by atoms with Crippen molar-refractivity contribution in [1.82, 2.24) is 0 Å². The van der Waals surface area contributed by atoms with Gasteiger partial charge in [-0.15, -0.1) is 0 Å². The molecule has 4 atom stereocenters. The number of anilines is 2. The molecular weight excluding hydrogens is 524 g/mol. The highest BCUT2D eigenvalue weighted by atomic mass is 79.9. The van der Waals surface area contributed by atoms with Gasteiger partial charge in [0.15, 0.2) is 6.61 Å². The molecule has 1 N–H and O–H groups in total. The molecule has 2 bridgehead atoms. The first-order valence-electron chi connectivity index (χ1n) is 11.2. The Morgan fingerprint density at radius 1 is 1.06 bits per heavy atom. The number of hydrogen-bond donors (Lipinski definition) is 1. The fraction of sp³-hybridized carbons (Fsp3) is 0.360. The first kappa shape index (κ1) is 23.1. The Bertz CT molecular complexity index is 1190. The molecule has 3 amide bonds. The van der Waals surface area contributed by atoms with Crippen LogP contribution in [0, 0.1) is 30.6 Å². The molecule has 3 fully saturated rings. The summed E-state index contributed by atoms with van der Waals surface area (Å²) in [6.45, 7) is 1.30. The minimum absolute atomic E-state index is 0.127. The van der Waals surface area contributed by atoms with Crippen molar-refractivity contribution in [3.8, 4) is 0 Å². The normalized spacial score (nSPS) is 25.0. The molecule has 3 aliphatic rings. The zero-order valence-electron chi connectivity index (χ0n) is 18.3. The number of imide groups is 1. The Hall–Kier alpha value is -2.71. The molecule has 0 spiro atoms. The molecule has 0 aromatic heterocycles. The summed E-state index contributed by atoms with van der Waals surface area (Å²) < 4.78 is 5.84. The van der Waals surface area contributed by atoms with Crippen LogP contribution in [0.1, 0.15) is 35.2 Å². The molecule has 0 radical (unpaired) electrons. The van der Waals surface area contributed by atoms with Crippen molar-refractivity contribution in [1.29, 1.82) is 0 Å². The summed E-state index contributed by atoms with van der Waals surface area (Å²) in [5.74, 6) is -1.20. The number of nitrogens with zero attached hydrogens (tertiary/aromatic N) is 1. The summed E-state index contributed by atoms with van der Waals surface area (Å²) in [5.41, 5.74) is 1.89. The van der Waals surface area contributed by atoms with Gasteiger partial charge in [0.25, 0.3) is 5.91 Å². The van der Waals surface area contributed by atoms with Gasteiger partial charge in [0.1, 0.15) is 0 Å². The van der Waals surface area contributed by atoms with Crippen molar-refractivity contribution in [3.05, 3.63) is 57.0 Å². The molecule has 1 aliphatic heterocycles. The third-order valence-corrected chi connectivity index (χ3v) is 8.61. The largest absolute Gasteiger partial charge is 0.452 e. The van der Waals surface area contributed by atoms with Crippen molar-refractivity contribution in [3.63, 3.8) is 0 Å². The van der Waals surface area contributed by atoms with Gasteiger partial charge in [-0.25, -0.2) is 4.79 Å². The van der Waals surface area contributed by atoms with E-state index in [1.54, 1.807) is 31.2 Å². The molecule has 2 aromatic carbocycles. The number of rotatable bonds is 5. The predicted octanol–water partition coefficient (Wildman–Crippen LogP) is 4.74. The smallest absolute Gasteiger partial charge is 0.338 e. The fourth-order valence-corrected chi connectivity index (χ4v) is 6.19. The standard InChI is InChI=1S/C25H22BrClN2O5/c1-12-18(9-8-17(26)22(12)27)28-19(30)11-34-25(33)13-4-6-16(7-5-13)29-23(31)20-14-2-3-15(10-14)21(20)24(29)32/h4-9,14-15,20-21H,2-3,10-11H2,1H3,(H,28,30)/t14-,15-,20-,21-/m0/s1. The lowest BCUT2D eigenvalue weighted by Gasteiger charge is -2.19. The van der Waals surface area contributed by atoms with Crippen LogP contribution in [0.2, 0.25) is 5.02 Å². The number of amides is 3. The minimum Gasteiger partial charge on any atom is -0.452 e. The SMILES string of the molecule is Cc1c(NC(=O)COC(=O)c2ccc(N3C(=O)[C@H]4[C@H]5CC[C@@H](C5)[C@@H]4C3=O)cc2)ccc(Br)c1Cl. The summed E-state index contributed by atoms with van der Waals surface area (Å²) in [7, 11) is 0. The lowest BCUT2D eigenvalue weighted by molar-refractivity contribution is -0.123. The van der Waals surface area contributed by atoms with Crippen molar-refractivity contribution >= 4 is 62.6 Å². The Morgan fingerprint density at radius 3 is 2.29 bits per heavy atom. The molecule has 1 heterocycles. The van der Waals surface area contributed by atoms with Crippen molar-refractivity contribution in [2.45, 2.75) is 26.2 Å². The number of hydrogen-bond acceptors (Lipinski definition) is 5. The van der Waals surface area contributed by atoms with E-state index >= 15 is 0 Å². The number of benzene rings is 2. The summed E-state index contributed by atoms with van der Waals surface area (Å²) in [6, 6.07) is 9.55. The van der Waals surface area contributed by atoms with Crippen molar-refractivity contribution in [2.24, 2.45) is 23.7 Å². The average Bonchev–Trinajstić information content (AvgIpc) is 3.51. The van der Waals surface area contributed by atoms with Crippen LogP contribution < -0.4 is 10.2 Å². The molecule has 9 heteroatoms. The average molecular weight is 546 g/mol. The lowest BCUT2D eigenvalue weighted by atomic mass is 9.81. The third-order valence-electron chi connectivity index (χ3n) is 7.24. The van der Waals surface area contributed by atoms with Gasteiger partial charge in [0.05, 0.1) is 28.1 Å². The second kappa shape index (κ2) is 8.82. The summed E-state index contributed by atoms with van der Waals surface area (Å²) >= 11 is 9.49. The fourth-order valence-electron chi connectivity index (χ4n) is 5.60. The van der Waals surface area contributed by atoms with Gasteiger partial charge >= 0.3 is 5.97 Å². The number of carbonyl (C=O) groups excluding carboxylic acids is 4. The van der Waals surface area contributed by atoms with E-state index in [0.717, 1.165) is 19.3 Å². The Kier molecular flexibility index (Phi) is 5.98. The Labute approximate surface area is 209 Å². The van der Waals surface area contributed by atoms with Gasteiger partial charge in [-0.3, -0.25) is 19.3 Å². The number of esters is 1. The summed E-state index contributed by atoms with van der Waals surface area (Å²) in [6.07, 6.45) is 3.02. The second-order valence-electron chi connectivity index (χ2n) is 9.10. The molecule has 176 valence electrons. The number of carbonyl (C=O) groups is 4. The van der Waals surface area contributed by atoms with E-state index in [0.29, 0.717) is 38.3 Å². The molecule has 34 heavy (non-hydrogen) atoms. The van der Waals surface area contributed by atoms with Crippen LogP contribution in [0.5, 0.6) is 0 Å². The zero-order valence-corrected chi connectivity index (χ0v) is 20.7. The van der Waals surface area contributed by atoms with E-state index in [1.165, 1.54) is 17.0 Å². The molecule has 2 aromatic rings. The minimum atomic E-state index is -0.679. The number of nitrogens with one attached hydrogen (secondary N) is 1. The van der Waals surface area contributed by atoms with Gasteiger partial charge in [0, 0.05) is 10.2 Å². The highest BCUT2D eigenvalue weighted by molar-refractivity contribution is 9.10. The van der Waals surface area contributed by atoms with Crippen LogP contribution >= 0.6 is 27.5 Å². The predicted molar refractivity (Wildman–Crippen MR) is 130 cm³/mol. The maximum Gasteiger partial charge on any atom is 0.338 e. The first-order chi connectivity index (χ1) is 16.3. The van der Waals surface area contributed by atoms with Gasteiger partial charge in [0.2, 0.25) is 11.8 Å². The van der Waals surface area contributed by atoms with Crippen LogP contribution in [-0.2, 0) is 19.1 Å². The number of fused-ring (bicyclic) bond motifs is 5. The van der Waals surface area contributed by atoms with E-state index in [2.05, 4.69) is 21.2 Å². The molecule has 0 unspecified atom stereocenters.